The number of aromatic nitrogens is 2. The summed E-state index contributed by atoms with van der Waals surface area (Å²) in [6.07, 6.45) is 32.6. The topological polar surface area (TPSA) is 16.3 Å². The Balaban J connectivity index is 0.539. The molecule has 4 nitrogen and oxygen atoms in total. The highest BCUT2D eigenvalue weighted by Crippen LogP contribution is 2.67. The van der Waals surface area contributed by atoms with Gasteiger partial charge >= 0.3 is 13.7 Å². The summed E-state index contributed by atoms with van der Waals surface area (Å²) in [7, 11) is 0. The van der Waals surface area contributed by atoms with Gasteiger partial charge in [0.1, 0.15) is 0 Å². The van der Waals surface area contributed by atoms with Crippen LogP contribution in [0.1, 0.15) is 200 Å². The quantitative estimate of drug-likeness (QED) is 0.127. The van der Waals surface area contributed by atoms with Crippen molar-refractivity contribution in [3.8, 4) is 55.9 Å². The number of hydrogen-bond acceptors (Lipinski definition) is 4. The Kier molecular flexibility index (Phi) is 16.3. The Labute approximate surface area is 846 Å². The van der Waals surface area contributed by atoms with E-state index in [0.717, 1.165) is 77.4 Å². The summed E-state index contributed by atoms with van der Waals surface area (Å²) in [5, 5.41) is 16.6. The highest BCUT2D eigenvalue weighted by Gasteiger charge is 2.58. The summed E-state index contributed by atoms with van der Waals surface area (Å²) in [6.45, 7) is 7.37. The average Bonchev–Trinajstić information content (AvgIpc) is 1.56. The maximum Gasteiger partial charge on any atom is 0.333 e. The van der Waals surface area contributed by atoms with Crippen molar-refractivity contribution in [3.05, 3.63) is 324 Å². The van der Waals surface area contributed by atoms with Gasteiger partial charge in [0.25, 0.3) is 0 Å². The van der Waals surface area contributed by atoms with E-state index < -0.39 is 0 Å². The van der Waals surface area contributed by atoms with Gasteiger partial charge in [0.2, 0.25) is 0 Å². The van der Waals surface area contributed by atoms with Gasteiger partial charge in [-0.1, -0.05) is 190 Å². The largest absolute Gasteiger partial charge is 0.376 e. The van der Waals surface area contributed by atoms with Crippen LogP contribution >= 0.6 is 22.7 Å². The fourth-order valence-corrected chi connectivity index (χ4v) is 40.1. The third-order valence-corrected chi connectivity index (χ3v) is 44.3. The molecule has 8 heterocycles. The molecule has 0 N–H and O–H groups in total. The molecule has 13 saturated carbocycles. The number of aryl methyl sites for hydroxylation is 1. The molecule has 13 bridgehead atoms. The minimum atomic E-state index is -0.117. The molecule has 8 heteroatoms. The van der Waals surface area contributed by atoms with Crippen LogP contribution in [0, 0.1) is 77.9 Å². The second kappa shape index (κ2) is 28.7. The van der Waals surface area contributed by atoms with Gasteiger partial charge in [-0.05, 0) is 479 Å². The second-order valence-electron chi connectivity index (χ2n) is 50.5. The molecule has 0 amide bonds. The molecule has 4 aliphatic heterocycles. The monoisotopic (exact) mass is 1880 g/mol. The number of hydrogen-bond donors (Lipinski definition) is 0. The van der Waals surface area contributed by atoms with Crippen LogP contribution in [0.5, 0.6) is 0 Å². The van der Waals surface area contributed by atoms with Gasteiger partial charge in [0, 0.05) is 96.8 Å². The van der Waals surface area contributed by atoms with Gasteiger partial charge in [-0.15, -0.1) is 22.7 Å². The van der Waals surface area contributed by atoms with E-state index in [2.05, 4.69) is 325 Å². The van der Waals surface area contributed by atoms with E-state index in [9.17, 15) is 0 Å². The molecule has 6 unspecified atom stereocenters. The smallest absolute Gasteiger partial charge is 0.333 e. The molecule has 13 fully saturated rings. The zero-order chi connectivity index (χ0) is 93.0. The van der Waals surface area contributed by atoms with E-state index >= 15 is 0 Å². The maximum atomic E-state index is 2.91. The number of fused-ring (bicyclic) bond motifs is 27. The van der Waals surface area contributed by atoms with Crippen LogP contribution in [0.2, 0.25) is 0 Å². The third-order valence-electron chi connectivity index (χ3n) is 42.0. The van der Waals surface area contributed by atoms with Crippen LogP contribution in [0.4, 0.5) is 22.7 Å². The Morgan fingerprint density at radius 3 is 1.36 bits per heavy atom. The number of benzene rings is 16. The Hall–Kier alpha value is -12.2. The van der Waals surface area contributed by atoms with Gasteiger partial charge in [0.05, 0.1) is 32.5 Å². The predicted molar refractivity (Wildman–Crippen MR) is 605 cm³/mol. The first-order valence-electron chi connectivity index (χ1n) is 55.5. The minimum absolute atomic E-state index is 0.0729. The highest BCUT2D eigenvalue weighted by molar-refractivity contribution is 7.27. The maximum absolute atomic E-state index is 2.91. The van der Waals surface area contributed by atoms with Crippen molar-refractivity contribution in [1.29, 1.82) is 0 Å². The minimum Gasteiger partial charge on any atom is -0.376 e. The fourth-order valence-electron chi connectivity index (χ4n) is 37.7. The van der Waals surface area contributed by atoms with Gasteiger partial charge in [0.15, 0.2) is 0 Å². The molecule has 0 spiro atoms. The molecule has 16 aromatic carbocycles. The molecule has 0 saturated heterocycles. The molecule has 0 radical (unpaired) electrons. The third kappa shape index (κ3) is 11.4. The van der Waals surface area contributed by atoms with E-state index in [0.29, 0.717) is 0 Å². The number of thiophene rings is 2. The summed E-state index contributed by atoms with van der Waals surface area (Å²) in [6, 6.07) is 118. The fraction of sp³-hybridized carbons (Fsp3) is 0.319. The highest BCUT2D eigenvalue weighted by atomic mass is 32.1. The van der Waals surface area contributed by atoms with Crippen molar-refractivity contribution in [2.45, 2.75) is 197 Å². The molecule has 143 heavy (non-hydrogen) atoms. The van der Waals surface area contributed by atoms with Crippen LogP contribution in [0.25, 0.3) is 161 Å². The summed E-state index contributed by atoms with van der Waals surface area (Å²) in [5.41, 5.74) is 41.3. The SMILES string of the molecule is Cc1cc2c3c(c1)-n1c4ccc(C56CCC7CC(CC7C5)C6)cc4c4cc(C56CC7CC(CC(C7)C5)C6)cc(c41)B3N(c1ccc(-c3ccc(Cc4cc5c6c(c4)-n4c7ccc(C89CC(C)CC(CC(C)C8)C9)cc7c7cc(C89CC%10CC(CC(C%10)C8)C9)cc(c74)B6N(c4ccc(-c6ccccc6)cc4)c4c-5ccc5c4sc4cc6ccccc6cc45)cc3)cc1)c1cc3c(cc1-2)sc1cc2ccccc2cc13. The van der Waals surface area contributed by atoms with E-state index in [-0.39, 0.29) is 35.4 Å². The van der Waals surface area contributed by atoms with Gasteiger partial charge in [-0.2, -0.15) is 0 Å². The van der Waals surface area contributed by atoms with Crippen molar-refractivity contribution in [1.82, 2.24) is 9.13 Å². The Bertz CT molecular complexity index is 8980. The summed E-state index contributed by atoms with van der Waals surface area (Å²) in [5.74, 6) is 9.96. The van der Waals surface area contributed by atoms with Crippen molar-refractivity contribution in [2.24, 2.45) is 71.0 Å². The zero-order valence-corrected chi connectivity index (χ0v) is 83.9. The summed E-state index contributed by atoms with van der Waals surface area (Å²) < 4.78 is 11.1. The number of anilines is 4. The van der Waals surface area contributed by atoms with Crippen molar-refractivity contribution in [2.75, 3.05) is 9.62 Å². The van der Waals surface area contributed by atoms with E-state index in [4.69, 9.17) is 0 Å². The standard InChI is InChI=1S/C135H116B2N4S2/c1-75-39-112-108-63-125-111(110-53-93-14-8-9-15-94(93)54-123(110)142-125)62-120(108)140(136-116-60-100(134-68-81-42-82(69-134)44-83(43-81)70-134)58-114-106-56-98(132-36-35-96-48-87(66-132)49-97(96)74-132)25-33-118(106)138(128(114)116)121(40-75)126(112)136)102-27-21-91(22-28-102)89-19-17-78(18-20-89)41-79-50-113-104-31-32-105-109-52-92-13-7-10-16-95(92)55-124(109)143-131(105)130(104)141(103-29-23-90(24-30-103)88-11-5-4-6-12-88)137-117-61-101(135-71-84-45-85(72-135)47-86(46-84)73-135)59-115-107-57-99(133-64-76(2)37-80(67-133)38-77(3)65-133)26-34-119(107)139(129(115)117)122(51-79)127(113)137/h4-34,39-40,50-63,76-77,80-87,96-97H,35-38,41-49,64-74H2,1-3H3. The predicted octanol–water partition coefficient (Wildman–Crippen LogP) is 33.1. The lowest BCUT2D eigenvalue weighted by atomic mass is 9.42. The molecule has 694 valence electrons. The van der Waals surface area contributed by atoms with Crippen LogP contribution in [-0.2, 0) is 28.1 Å². The van der Waals surface area contributed by atoms with Crippen LogP contribution in [0.15, 0.2) is 285 Å². The first-order valence-corrected chi connectivity index (χ1v) is 57.1. The summed E-state index contributed by atoms with van der Waals surface area (Å²) >= 11 is 4.00. The van der Waals surface area contributed by atoms with Crippen molar-refractivity contribution in [3.63, 3.8) is 0 Å². The van der Waals surface area contributed by atoms with Gasteiger partial charge in [-0.25, -0.2) is 0 Å². The van der Waals surface area contributed by atoms with Gasteiger partial charge in [-0.3, -0.25) is 0 Å². The molecule has 20 aromatic rings. The second-order valence-corrected chi connectivity index (χ2v) is 52.6. The zero-order valence-electron chi connectivity index (χ0n) is 82.3. The molecule has 13 aliphatic carbocycles. The molecule has 6 atom stereocenters. The molecular formula is C135H116B2N4S2. The van der Waals surface area contributed by atoms with E-state index in [1.54, 1.807) is 22.3 Å². The van der Waals surface area contributed by atoms with Gasteiger partial charge < -0.3 is 18.8 Å². The van der Waals surface area contributed by atoms with E-state index in [1.807, 2.05) is 22.7 Å². The first-order chi connectivity index (χ1) is 70.2. The van der Waals surface area contributed by atoms with Crippen LogP contribution < -0.4 is 31.5 Å². The normalized spacial score (nSPS) is 28.1. The summed E-state index contributed by atoms with van der Waals surface area (Å²) in [4.78, 5) is 5.79. The lowest BCUT2D eigenvalue weighted by Crippen LogP contribution is -2.61. The Morgan fingerprint density at radius 2 is 0.769 bits per heavy atom. The molecule has 37 rings (SSSR count). The Morgan fingerprint density at radius 1 is 0.308 bits per heavy atom. The lowest BCUT2D eigenvalue weighted by molar-refractivity contribution is -0.00521. The average molecular weight is 1880 g/mol. The van der Waals surface area contributed by atoms with Crippen molar-refractivity contribution < 1.29 is 0 Å². The van der Waals surface area contributed by atoms with Crippen LogP contribution in [0.3, 0.4) is 0 Å². The lowest BCUT2D eigenvalue weighted by Gasteiger charge is -2.57. The molecule has 4 aromatic heterocycles. The van der Waals surface area contributed by atoms with Crippen LogP contribution in [-0.4, -0.2) is 22.8 Å². The van der Waals surface area contributed by atoms with Crippen molar-refractivity contribution >= 4 is 186 Å². The molecular weight excluding hydrogens is 1760 g/mol. The number of rotatable bonds is 10. The van der Waals surface area contributed by atoms with E-state index in [1.165, 1.54) is 370 Å². The first kappa shape index (κ1) is 81.2. The molecule has 17 aliphatic rings. The number of nitrogens with zero attached hydrogens (tertiary/aromatic N) is 4.